The van der Waals surface area contributed by atoms with E-state index in [-0.39, 0.29) is 18.7 Å². The number of aliphatic hydroxyl groups is 1. The summed E-state index contributed by atoms with van der Waals surface area (Å²) >= 11 is 5.83. The normalized spacial score (nSPS) is 14.9. The van der Waals surface area contributed by atoms with E-state index in [1.165, 1.54) is 5.56 Å². The van der Waals surface area contributed by atoms with E-state index < -0.39 is 0 Å². The average Bonchev–Trinajstić information content (AvgIpc) is 2.27. The molecule has 0 aliphatic heterocycles. The molecule has 0 bridgehead atoms. The van der Waals surface area contributed by atoms with Gasteiger partial charge in [-0.1, -0.05) is 30.7 Å². The summed E-state index contributed by atoms with van der Waals surface area (Å²) in [7, 11) is 0. The van der Waals surface area contributed by atoms with Gasteiger partial charge in [0.15, 0.2) is 0 Å². The molecule has 2 atom stereocenters. The molecule has 0 unspecified atom stereocenters. The summed E-state index contributed by atoms with van der Waals surface area (Å²) in [5.41, 5.74) is 1.21. The predicted molar refractivity (Wildman–Crippen MR) is 64.2 cm³/mol. The monoisotopic (exact) mass is 227 g/mol. The first-order chi connectivity index (χ1) is 7.17. The second-order valence-electron chi connectivity index (χ2n) is 3.76. The van der Waals surface area contributed by atoms with Gasteiger partial charge in [0.2, 0.25) is 0 Å². The molecule has 1 rings (SSSR count). The maximum absolute atomic E-state index is 8.99. The van der Waals surface area contributed by atoms with Gasteiger partial charge in [0.05, 0.1) is 6.61 Å². The zero-order chi connectivity index (χ0) is 11.3. The number of aliphatic hydroxyl groups excluding tert-OH is 1. The van der Waals surface area contributed by atoms with Gasteiger partial charge < -0.3 is 10.4 Å². The molecule has 3 heteroatoms. The molecular weight excluding hydrogens is 210 g/mol. The van der Waals surface area contributed by atoms with E-state index in [1.807, 2.05) is 31.2 Å². The summed E-state index contributed by atoms with van der Waals surface area (Å²) in [6.07, 6.45) is 0.992. The third kappa shape index (κ3) is 3.82. The molecule has 1 aromatic carbocycles. The van der Waals surface area contributed by atoms with Gasteiger partial charge in [0, 0.05) is 17.1 Å². The highest BCUT2D eigenvalue weighted by atomic mass is 35.5. The van der Waals surface area contributed by atoms with Crippen LogP contribution < -0.4 is 5.32 Å². The summed E-state index contributed by atoms with van der Waals surface area (Å²) in [5.74, 6) is 0. The standard InChI is InChI=1S/C12H18ClNO/c1-3-12(14-9(2)8-15)10-4-6-11(13)7-5-10/h4-7,9,12,14-15H,3,8H2,1-2H3/t9-,12-/m1/s1. The zero-order valence-corrected chi connectivity index (χ0v) is 9.96. The lowest BCUT2D eigenvalue weighted by Crippen LogP contribution is -2.32. The van der Waals surface area contributed by atoms with Crippen LogP contribution in [0.3, 0.4) is 0 Å². The van der Waals surface area contributed by atoms with E-state index in [0.29, 0.717) is 0 Å². The van der Waals surface area contributed by atoms with Crippen molar-refractivity contribution in [1.29, 1.82) is 0 Å². The molecule has 0 aliphatic rings. The van der Waals surface area contributed by atoms with Crippen LogP contribution in [-0.2, 0) is 0 Å². The zero-order valence-electron chi connectivity index (χ0n) is 9.20. The Hall–Kier alpha value is -0.570. The Balaban J connectivity index is 2.69. The van der Waals surface area contributed by atoms with Crippen molar-refractivity contribution in [2.45, 2.75) is 32.4 Å². The number of hydrogen-bond acceptors (Lipinski definition) is 2. The van der Waals surface area contributed by atoms with Crippen LogP contribution in [0.2, 0.25) is 5.02 Å². The largest absolute Gasteiger partial charge is 0.395 e. The van der Waals surface area contributed by atoms with Crippen molar-refractivity contribution in [3.8, 4) is 0 Å². The molecule has 0 heterocycles. The minimum absolute atomic E-state index is 0.116. The Kier molecular flexibility index (Phi) is 5.09. The fraction of sp³-hybridized carbons (Fsp3) is 0.500. The predicted octanol–water partition coefficient (Wildman–Crippen LogP) is 2.76. The molecule has 0 aliphatic carbocycles. The first-order valence-electron chi connectivity index (χ1n) is 5.29. The third-order valence-electron chi connectivity index (χ3n) is 2.44. The average molecular weight is 228 g/mol. The van der Waals surface area contributed by atoms with Gasteiger partial charge in [-0.25, -0.2) is 0 Å². The number of hydrogen-bond donors (Lipinski definition) is 2. The number of halogens is 1. The Morgan fingerprint density at radius 2 is 1.93 bits per heavy atom. The topological polar surface area (TPSA) is 32.3 Å². The fourth-order valence-corrected chi connectivity index (χ4v) is 1.67. The second-order valence-corrected chi connectivity index (χ2v) is 4.20. The SMILES string of the molecule is CC[C@@H](N[C@H](C)CO)c1ccc(Cl)cc1. The Morgan fingerprint density at radius 3 is 2.40 bits per heavy atom. The van der Waals surface area contributed by atoms with Crippen LogP contribution in [-0.4, -0.2) is 17.8 Å². The van der Waals surface area contributed by atoms with Crippen molar-refractivity contribution < 1.29 is 5.11 Å². The molecule has 0 amide bonds. The quantitative estimate of drug-likeness (QED) is 0.811. The Morgan fingerprint density at radius 1 is 1.33 bits per heavy atom. The van der Waals surface area contributed by atoms with E-state index in [0.717, 1.165) is 11.4 Å². The molecular formula is C12H18ClNO. The van der Waals surface area contributed by atoms with E-state index in [2.05, 4.69) is 12.2 Å². The Labute approximate surface area is 96.3 Å². The molecule has 15 heavy (non-hydrogen) atoms. The highest BCUT2D eigenvalue weighted by Crippen LogP contribution is 2.19. The molecule has 1 aromatic rings. The molecule has 0 fully saturated rings. The fourth-order valence-electron chi connectivity index (χ4n) is 1.54. The van der Waals surface area contributed by atoms with E-state index in [4.69, 9.17) is 16.7 Å². The highest BCUT2D eigenvalue weighted by Gasteiger charge is 2.11. The number of nitrogens with one attached hydrogen (secondary N) is 1. The van der Waals surface area contributed by atoms with Gasteiger partial charge in [0.25, 0.3) is 0 Å². The lowest BCUT2D eigenvalue weighted by Gasteiger charge is -2.21. The van der Waals surface area contributed by atoms with Crippen LogP contribution in [0.1, 0.15) is 31.9 Å². The van der Waals surface area contributed by atoms with E-state index in [9.17, 15) is 0 Å². The summed E-state index contributed by atoms with van der Waals surface area (Å²) in [6.45, 7) is 4.25. The highest BCUT2D eigenvalue weighted by molar-refractivity contribution is 6.30. The van der Waals surface area contributed by atoms with Crippen molar-refractivity contribution >= 4 is 11.6 Å². The minimum atomic E-state index is 0.116. The minimum Gasteiger partial charge on any atom is -0.395 e. The van der Waals surface area contributed by atoms with Gasteiger partial charge in [-0.3, -0.25) is 0 Å². The molecule has 84 valence electrons. The third-order valence-corrected chi connectivity index (χ3v) is 2.69. The van der Waals surface area contributed by atoms with Crippen LogP contribution in [0.15, 0.2) is 24.3 Å². The van der Waals surface area contributed by atoms with Gasteiger partial charge in [-0.2, -0.15) is 0 Å². The first-order valence-corrected chi connectivity index (χ1v) is 5.67. The lowest BCUT2D eigenvalue weighted by atomic mass is 10.0. The molecule has 0 spiro atoms. The summed E-state index contributed by atoms with van der Waals surface area (Å²) in [4.78, 5) is 0. The van der Waals surface area contributed by atoms with Gasteiger partial charge in [-0.05, 0) is 31.0 Å². The summed E-state index contributed by atoms with van der Waals surface area (Å²) < 4.78 is 0. The van der Waals surface area contributed by atoms with Crippen molar-refractivity contribution in [2.75, 3.05) is 6.61 Å². The van der Waals surface area contributed by atoms with Crippen molar-refractivity contribution in [1.82, 2.24) is 5.32 Å². The van der Waals surface area contributed by atoms with Crippen LogP contribution in [0.4, 0.5) is 0 Å². The van der Waals surface area contributed by atoms with Crippen LogP contribution in [0.25, 0.3) is 0 Å². The van der Waals surface area contributed by atoms with Crippen molar-refractivity contribution in [3.63, 3.8) is 0 Å². The van der Waals surface area contributed by atoms with Crippen LogP contribution in [0.5, 0.6) is 0 Å². The number of rotatable bonds is 5. The Bertz CT molecular complexity index is 286. The number of benzene rings is 1. The van der Waals surface area contributed by atoms with Crippen LogP contribution >= 0.6 is 11.6 Å². The van der Waals surface area contributed by atoms with Crippen LogP contribution in [0, 0.1) is 0 Å². The molecule has 2 nitrogen and oxygen atoms in total. The molecule has 0 aromatic heterocycles. The smallest absolute Gasteiger partial charge is 0.0582 e. The molecule has 0 saturated carbocycles. The van der Waals surface area contributed by atoms with E-state index in [1.54, 1.807) is 0 Å². The van der Waals surface area contributed by atoms with E-state index >= 15 is 0 Å². The van der Waals surface area contributed by atoms with Gasteiger partial charge in [-0.15, -0.1) is 0 Å². The molecule has 0 saturated heterocycles. The summed E-state index contributed by atoms with van der Waals surface area (Å²) in [5, 5.41) is 13.1. The summed E-state index contributed by atoms with van der Waals surface area (Å²) in [6, 6.07) is 8.23. The van der Waals surface area contributed by atoms with Gasteiger partial charge in [0.1, 0.15) is 0 Å². The maximum atomic E-state index is 8.99. The maximum Gasteiger partial charge on any atom is 0.0582 e. The first kappa shape index (κ1) is 12.5. The second kappa shape index (κ2) is 6.11. The lowest BCUT2D eigenvalue weighted by molar-refractivity contribution is 0.239. The van der Waals surface area contributed by atoms with Gasteiger partial charge >= 0.3 is 0 Å². The molecule has 0 radical (unpaired) electrons. The van der Waals surface area contributed by atoms with Crippen molar-refractivity contribution in [3.05, 3.63) is 34.9 Å². The van der Waals surface area contributed by atoms with Crippen molar-refractivity contribution in [2.24, 2.45) is 0 Å². The molecule has 2 N–H and O–H groups in total.